The Bertz CT molecular complexity index is 762. The summed E-state index contributed by atoms with van der Waals surface area (Å²) in [6, 6.07) is 11.0. The minimum absolute atomic E-state index is 0.000466. The number of pyridine rings is 1. The van der Waals surface area contributed by atoms with Crippen LogP contribution in [-0.2, 0) is 16.0 Å². The Morgan fingerprint density at radius 2 is 2.07 bits per heavy atom. The molecule has 6 heteroatoms. The molecule has 2 heterocycles. The van der Waals surface area contributed by atoms with Crippen LogP contribution in [0.1, 0.15) is 35.7 Å². The van der Waals surface area contributed by atoms with E-state index in [1.807, 2.05) is 25.3 Å². The molecule has 142 valence electrons. The first-order valence-electron chi connectivity index (χ1n) is 9.31. The highest BCUT2D eigenvalue weighted by Gasteiger charge is 2.22. The van der Waals surface area contributed by atoms with Crippen LogP contribution < -0.4 is 5.32 Å². The van der Waals surface area contributed by atoms with Gasteiger partial charge in [0.05, 0.1) is 12.7 Å². The summed E-state index contributed by atoms with van der Waals surface area (Å²) in [7, 11) is 0. The third kappa shape index (κ3) is 5.62. The fraction of sp³-hybridized carbons (Fsp3) is 0.381. The number of amides is 2. The Labute approximate surface area is 159 Å². The number of aryl methyl sites for hydroxylation is 1. The van der Waals surface area contributed by atoms with Crippen LogP contribution in [-0.4, -0.2) is 47.5 Å². The highest BCUT2D eigenvalue weighted by molar-refractivity contribution is 5.95. The molecule has 1 aliphatic rings. The summed E-state index contributed by atoms with van der Waals surface area (Å²) in [5.41, 5.74) is 2.46. The van der Waals surface area contributed by atoms with Crippen LogP contribution in [0.2, 0.25) is 0 Å². The molecule has 1 saturated heterocycles. The topological polar surface area (TPSA) is 71.5 Å². The molecule has 1 unspecified atom stereocenters. The molecule has 0 aliphatic carbocycles. The first-order valence-corrected chi connectivity index (χ1v) is 9.31. The molecule has 27 heavy (non-hydrogen) atoms. The Morgan fingerprint density at radius 1 is 1.26 bits per heavy atom. The monoisotopic (exact) mass is 367 g/mol. The third-order valence-corrected chi connectivity index (χ3v) is 4.54. The van der Waals surface area contributed by atoms with Crippen molar-refractivity contribution in [3.05, 3.63) is 59.9 Å². The number of rotatable bonds is 6. The number of nitrogens with one attached hydrogen (secondary N) is 1. The fourth-order valence-electron chi connectivity index (χ4n) is 3.10. The second kappa shape index (κ2) is 9.28. The molecule has 0 saturated carbocycles. The average Bonchev–Trinajstić information content (AvgIpc) is 2.69. The molecule has 0 bridgehead atoms. The lowest BCUT2D eigenvalue weighted by Crippen LogP contribution is -2.44. The van der Waals surface area contributed by atoms with Crippen molar-refractivity contribution >= 4 is 17.5 Å². The second-order valence-electron chi connectivity index (χ2n) is 6.77. The SMILES string of the molecule is CC1CN(C(=O)c2ccc(NC(=O)CCCc3cccnc3)cc2)CCO1. The van der Waals surface area contributed by atoms with Gasteiger partial charge in [-0.3, -0.25) is 14.6 Å². The summed E-state index contributed by atoms with van der Waals surface area (Å²) in [6.45, 7) is 3.75. The number of carbonyl (C=O) groups is 2. The molecule has 1 aromatic heterocycles. The van der Waals surface area contributed by atoms with Gasteiger partial charge in [-0.1, -0.05) is 6.07 Å². The van der Waals surface area contributed by atoms with Crippen molar-refractivity contribution in [1.82, 2.24) is 9.88 Å². The molecule has 1 aliphatic heterocycles. The lowest BCUT2D eigenvalue weighted by atomic mass is 10.1. The van der Waals surface area contributed by atoms with E-state index in [9.17, 15) is 9.59 Å². The van der Waals surface area contributed by atoms with Crippen molar-refractivity contribution in [1.29, 1.82) is 0 Å². The number of hydrogen-bond acceptors (Lipinski definition) is 4. The summed E-state index contributed by atoms with van der Waals surface area (Å²) in [5, 5.41) is 2.88. The van der Waals surface area contributed by atoms with E-state index in [1.54, 1.807) is 35.4 Å². The van der Waals surface area contributed by atoms with Crippen molar-refractivity contribution in [2.24, 2.45) is 0 Å². The van der Waals surface area contributed by atoms with Crippen molar-refractivity contribution in [3.8, 4) is 0 Å². The van der Waals surface area contributed by atoms with Crippen molar-refractivity contribution in [2.45, 2.75) is 32.3 Å². The van der Waals surface area contributed by atoms with Crippen LogP contribution in [0.3, 0.4) is 0 Å². The van der Waals surface area contributed by atoms with E-state index in [0.717, 1.165) is 18.4 Å². The molecule has 2 amide bonds. The Morgan fingerprint density at radius 3 is 2.78 bits per heavy atom. The number of anilines is 1. The fourth-order valence-corrected chi connectivity index (χ4v) is 3.10. The van der Waals surface area contributed by atoms with Crippen LogP contribution in [0.25, 0.3) is 0 Å². The number of ether oxygens (including phenoxy) is 1. The average molecular weight is 367 g/mol. The molecule has 1 atom stereocenters. The Hall–Kier alpha value is -2.73. The number of carbonyl (C=O) groups excluding carboxylic acids is 2. The third-order valence-electron chi connectivity index (χ3n) is 4.54. The number of hydrogen-bond donors (Lipinski definition) is 1. The molecular formula is C21H25N3O3. The van der Waals surface area contributed by atoms with Gasteiger partial charge >= 0.3 is 0 Å². The van der Waals surface area contributed by atoms with Gasteiger partial charge < -0.3 is 15.0 Å². The van der Waals surface area contributed by atoms with Gasteiger partial charge in [-0.2, -0.15) is 0 Å². The summed E-state index contributed by atoms with van der Waals surface area (Å²) in [4.78, 5) is 30.5. The lowest BCUT2D eigenvalue weighted by molar-refractivity contribution is -0.116. The van der Waals surface area contributed by atoms with E-state index < -0.39 is 0 Å². The van der Waals surface area contributed by atoms with Crippen LogP contribution in [0.5, 0.6) is 0 Å². The maximum atomic E-state index is 12.5. The van der Waals surface area contributed by atoms with E-state index in [1.165, 1.54) is 0 Å². The molecule has 0 radical (unpaired) electrons. The van der Waals surface area contributed by atoms with Gasteiger partial charge in [0.1, 0.15) is 0 Å². The minimum atomic E-state index is -0.0278. The Balaban J connectivity index is 1.47. The van der Waals surface area contributed by atoms with Gasteiger partial charge in [0.2, 0.25) is 5.91 Å². The summed E-state index contributed by atoms with van der Waals surface area (Å²) >= 11 is 0. The van der Waals surface area contributed by atoms with Crippen molar-refractivity contribution in [2.75, 3.05) is 25.0 Å². The standard InChI is InChI=1S/C21H25N3O3/c1-16-15-24(12-13-27-16)21(26)18-7-9-19(10-8-18)23-20(25)6-2-4-17-5-3-11-22-14-17/h3,5,7-11,14,16H,2,4,6,12-13,15H2,1H3,(H,23,25). The summed E-state index contributed by atoms with van der Waals surface area (Å²) < 4.78 is 5.47. The zero-order valence-electron chi connectivity index (χ0n) is 15.6. The highest BCUT2D eigenvalue weighted by Crippen LogP contribution is 2.15. The second-order valence-corrected chi connectivity index (χ2v) is 6.77. The molecule has 2 aromatic rings. The molecule has 1 N–H and O–H groups in total. The van der Waals surface area contributed by atoms with Gasteiger partial charge in [-0.25, -0.2) is 0 Å². The van der Waals surface area contributed by atoms with Crippen LogP contribution in [0, 0.1) is 0 Å². The Kier molecular flexibility index (Phi) is 6.54. The van der Waals surface area contributed by atoms with Crippen LogP contribution in [0.4, 0.5) is 5.69 Å². The zero-order valence-corrected chi connectivity index (χ0v) is 15.6. The van der Waals surface area contributed by atoms with E-state index in [2.05, 4.69) is 10.3 Å². The maximum absolute atomic E-state index is 12.5. The summed E-state index contributed by atoms with van der Waals surface area (Å²) in [6.07, 6.45) is 5.66. The molecule has 3 rings (SSSR count). The number of aromatic nitrogens is 1. The van der Waals surface area contributed by atoms with Crippen LogP contribution >= 0.6 is 0 Å². The zero-order chi connectivity index (χ0) is 19.1. The molecule has 6 nitrogen and oxygen atoms in total. The number of benzene rings is 1. The van der Waals surface area contributed by atoms with Crippen molar-refractivity contribution in [3.63, 3.8) is 0 Å². The van der Waals surface area contributed by atoms with Gasteiger partial charge in [0.25, 0.3) is 5.91 Å². The molecule has 1 aromatic carbocycles. The molecular weight excluding hydrogens is 342 g/mol. The normalized spacial score (nSPS) is 16.8. The van der Waals surface area contributed by atoms with E-state index in [0.29, 0.717) is 37.4 Å². The maximum Gasteiger partial charge on any atom is 0.254 e. The largest absolute Gasteiger partial charge is 0.375 e. The number of nitrogens with zero attached hydrogens (tertiary/aromatic N) is 2. The van der Waals surface area contributed by atoms with Crippen LogP contribution in [0.15, 0.2) is 48.8 Å². The quantitative estimate of drug-likeness (QED) is 0.852. The van der Waals surface area contributed by atoms with E-state index in [-0.39, 0.29) is 17.9 Å². The molecule has 0 spiro atoms. The number of morpholine rings is 1. The van der Waals surface area contributed by atoms with E-state index >= 15 is 0 Å². The predicted octanol–water partition coefficient (Wildman–Crippen LogP) is 2.90. The van der Waals surface area contributed by atoms with Gasteiger partial charge in [-0.05, 0) is 55.7 Å². The predicted molar refractivity (Wildman–Crippen MR) is 104 cm³/mol. The smallest absolute Gasteiger partial charge is 0.254 e. The van der Waals surface area contributed by atoms with Crippen molar-refractivity contribution < 1.29 is 14.3 Å². The van der Waals surface area contributed by atoms with E-state index in [4.69, 9.17) is 4.74 Å². The molecule has 1 fully saturated rings. The summed E-state index contributed by atoms with van der Waals surface area (Å²) in [5.74, 6) is -0.0283. The lowest BCUT2D eigenvalue weighted by Gasteiger charge is -2.31. The first-order chi connectivity index (χ1) is 13.1. The van der Waals surface area contributed by atoms with Gasteiger partial charge in [0.15, 0.2) is 0 Å². The first kappa shape index (κ1) is 19.0. The highest BCUT2D eigenvalue weighted by atomic mass is 16.5. The minimum Gasteiger partial charge on any atom is -0.375 e. The van der Waals surface area contributed by atoms with Gasteiger partial charge in [-0.15, -0.1) is 0 Å². The van der Waals surface area contributed by atoms with Gasteiger partial charge in [0, 0.05) is 43.2 Å².